The minimum absolute atomic E-state index is 0.115. The number of hydrogen-bond donors (Lipinski definition) is 1. The zero-order valence-electron chi connectivity index (χ0n) is 9.52. The van der Waals surface area contributed by atoms with Gasteiger partial charge in [0, 0.05) is 23.1 Å². The van der Waals surface area contributed by atoms with Crippen LogP contribution in [0.1, 0.15) is 24.8 Å². The van der Waals surface area contributed by atoms with Crippen LogP contribution in [0.2, 0.25) is 0 Å². The summed E-state index contributed by atoms with van der Waals surface area (Å²) in [6, 6.07) is 7.05. The molecule has 18 heavy (non-hydrogen) atoms. The monoisotopic (exact) mass is 320 g/mol. The van der Waals surface area contributed by atoms with Crippen molar-refractivity contribution in [1.82, 2.24) is 0 Å². The number of rotatable bonds is 5. The summed E-state index contributed by atoms with van der Waals surface area (Å²) in [6.45, 7) is 0.473. The molecule has 0 atom stereocenters. The molecule has 0 fully saturated rings. The summed E-state index contributed by atoms with van der Waals surface area (Å²) in [5.74, 6) is 0. The third-order valence-electron chi connectivity index (χ3n) is 2.30. The molecule has 0 aliphatic rings. The largest absolute Gasteiger partial charge is 0.389 e. The number of halogens is 4. The van der Waals surface area contributed by atoms with Gasteiger partial charge in [-0.25, -0.2) is 0 Å². The Bertz CT molecular complexity index is 438. The molecular formula is C12H12BrF3N2. The lowest BCUT2D eigenvalue weighted by atomic mass is 10.2. The summed E-state index contributed by atoms with van der Waals surface area (Å²) in [5, 5.41) is 11.7. The van der Waals surface area contributed by atoms with E-state index in [0.29, 0.717) is 18.5 Å². The normalized spacial score (nSPS) is 11.1. The van der Waals surface area contributed by atoms with Crippen molar-refractivity contribution in [3.63, 3.8) is 0 Å². The molecule has 0 aliphatic heterocycles. The van der Waals surface area contributed by atoms with Crippen LogP contribution in [0.15, 0.2) is 22.7 Å². The third kappa shape index (κ3) is 5.41. The number of unbranched alkanes of at least 4 members (excludes halogenated alkanes) is 1. The van der Waals surface area contributed by atoms with E-state index < -0.39 is 12.6 Å². The Hall–Kier alpha value is -1.22. The van der Waals surface area contributed by atoms with E-state index in [1.165, 1.54) is 0 Å². The molecule has 1 N–H and O–H groups in total. The van der Waals surface area contributed by atoms with Gasteiger partial charge in [0.15, 0.2) is 0 Å². The molecule has 0 radical (unpaired) electrons. The standard InChI is InChI=1S/C12H12BrF3N2/c13-10-7-9(8-17)3-4-11(10)18-6-2-1-5-12(14,15)16/h3-4,7,18H,1-2,5-6H2. The molecule has 1 aromatic rings. The maximum absolute atomic E-state index is 11.9. The molecule has 0 heterocycles. The Balaban J connectivity index is 2.34. The molecule has 2 nitrogen and oxygen atoms in total. The molecule has 0 spiro atoms. The molecule has 0 bridgehead atoms. The van der Waals surface area contributed by atoms with Gasteiger partial charge in [-0.05, 0) is 47.0 Å². The second-order valence-electron chi connectivity index (χ2n) is 3.81. The molecule has 1 aromatic carbocycles. The van der Waals surface area contributed by atoms with Crippen LogP contribution in [0.5, 0.6) is 0 Å². The molecule has 0 aliphatic carbocycles. The molecule has 0 saturated heterocycles. The molecular weight excluding hydrogens is 309 g/mol. The summed E-state index contributed by atoms with van der Waals surface area (Å²) in [6.07, 6.45) is -4.26. The fourth-order valence-electron chi connectivity index (χ4n) is 1.40. The van der Waals surface area contributed by atoms with Gasteiger partial charge in [0.2, 0.25) is 0 Å². The quantitative estimate of drug-likeness (QED) is 0.813. The second-order valence-corrected chi connectivity index (χ2v) is 4.66. The maximum Gasteiger partial charge on any atom is 0.389 e. The van der Waals surface area contributed by atoms with Crippen molar-refractivity contribution < 1.29 is 13.2 Å². The number of hydrogen-bond acceptors (Lipinski definition) is 2. The molecule has 6 heteroatoms. The number of nitrogens with one attached hydrogen (secondary N) is 1. The van der Waals surface area contributed by atoms with Gasteiger partial charge in [-0.15, -0.1) is 0 Å². The van der Waals surface area contributed by atoms with E-state index in [9.17, 15) is 13.2 Å². The van der Waals surface area contributed by atoms with Crippen LogP contribution < -0.4 is 5.32 Å². The Morgan fingerprint density at radius 3 is 2.56 bits per heavy atom. The molecule has 0 saturated carbocycles. The van der Waals surface area contributed by atoms with Crippen LogP contribution >= 0.6 is 15.9 Å². The fourth-order valence-corrected chi connectivity index (χ4v) is 1.92. The van der Waals surface area contributed by atoms with Crippen molar-refractivity contribution >= 4 is 21.6 Å². The van der Waals surface area contributed by atoms with Crippen LogP contribution in [0.3, 0.4) is 0 Å². The zero-order valence-corrected chi connectivity index (χ0v) is 11.1. The number of alkyl halides is 3. The zero-order chi connectivity index (χ0) is 13.6. The predicted octanol–water partition coefficient (Wildman–Crippen LogP) is 4.47. The molecule has 0 amide bonds. The van der Waals surface area contributed by atoms with Gasteiger partial charge >= 0.3 is 6.18 Å². The van der Waals surface area contributed by atoms with E-state index in [2.05, 4.69) is 21.2 Å². The Labute approximate surface area is 112 Å². The lowest BCUT2D eigenvalue weighted by Crippen LogP contribution is -2.08. The van der Waals surface area contributed by atoms with E-state index in [0.717, 1.165) is 10.2 Å². The van der Waals surface area contributed by atoms with Crippen molar-refractivity contribution in [2.45, 2.75) is 25.4 Å². The Morgan fingerprint density at radius 2 is 2.00 bits per heavy atom. The SMILES string of the molecule is N#Cc1ccc(NCCCCC(F)(F)F)c(Br)c1. The van der Waals surface area contributed by atoms with E-state index >= 15 is 0 Å². The van der Waals surface area contributed by atoms with Crippen molar-refractivity contribution in [1.29, 1.82) is 5.26 Å². The van der Waals surface area contributed by atoms with Crippen LogP contribution in [-0.4, -0.2) is 12.7 Å². The first kappa shape index (κ1) is 14.8. The smallest absolute Gasteiger partial charge is 0.384 e. The number of benzene rings is 1. The minimum Gasteiger partial charge on any atom is -0.384 e. The van der Waals surface area contributed by atoms with Gasteiger partial charge in [0.25, 0.3) is 0 Å². The van der Waals surface area contributed by atoms with Crippen molar-refractivity contribution in [2.75, 3.05) is 11.9 Å². The molecule has 0 aromatic heterocycles. The van der Waals surface area contributed by atoms with Gasteiger partial charge in [-0.2, -0.15) is 18.4 Å². The van der Waals surface area contributed by atoms with Gasteiger partial charge in [-0.1, -0.05) is 0 Å². The summed E-state index contributed by atoms with van der Waals surface area (Å²) < 4.78 is 36.4. The first-order valence-corrected chi connectivity index (χ1v) is 6.22. The first-order valence-electron chi connectivity index (χ1n) is 5.42. The first-order chi connectivity index (χ1) is 8.42. The van der Waals surface area contributed by atoms with Gasteiger partial charge in [-0.3, -0.25) is 0 Å². The van der Waals surface area contributed by atoms with Crippen LogP contribution in [0, 0.1) is 11.3 Å². The molecule has 0 unspecified atom stereocenters. The lowest BCUT2D eigenvalue weighted by Gasteiger charge is -2.09. The Morgan fingerprint density at radius 1 is 1.28 bits per heavy atom. The highest BCUT2D eigenvalue weighted by atomic mass is 79.9. The average molecular weight is 321 g/mol. The highest BCUT2D eigenvalue weighted by Gasteiger charge is 2.25. The summed E-state index contributed by atoms with van der Waals surface area (Å²) >= 11 is 3.30. The molecule has 98 valence electrons. The highest BCUT2D eigenvalue weighted by molar-refractivity contribution is 9.10. The average Bonchev–Trinajstić information content (AvgIpc) is 2.29. The van der Waals surface area contributed by atoms with E-state index in [1.54, 1.807) is 18.2 Å². The summed E-state index contributed by atoms with van der Waals surface area (Å²) in [4.78, 5) is 0. The van der Waals surface area contributed by atoms with Crippen molar-refractivity contribution in [2.24, 2.45) is 0 Å². The third-order valence-corrected chi connectivity index (χ3v) is 2.96. The van der Waals surface area contributed by atoms with E-state index in [4.69, 9.17) is 5.26 Å². The lowest BCUT2D eigenvalue weighted by molar-refractivity contribution is -0.135. The van der Waals surface area contributed by atoms with Crippen LogP contribution in [0.4, 0.5) is 18.9 Å². The van der Waals surface area contributed by atoms with E-state index in [1.807, 2.05) is 6.07 Å². The second kappa shape index (κ2) is 6.64. The Kier molecular flexibility index (Phi) is 5.48. The van der Waals surface area contributed by atoms with Gasteiger partial charge in [0.05, 0.1) is 11.6 Å². The number of nitrogens with zero attached hydrogens (tertiary/aromatic N) is 1. The summed E-state index contributed by atoms with van der Waals surface area (Å²) in [5.41, 5.74) is 1.31. The maximum atomic E-state index is 11.9. The topological polar surface area (TPSA) is 35.8 Å². The van der Waals surface area contributed by atoms with Crippen molar-refractivity contribution in [3.8, 4) is 6.07 Å². The van der Waals surface area contributed by atoms with Gasteiger partial charge in [0.1, 0.15) is 0 Å². The van der Waals surface area contributed by atoms with Crippen molar-refractivity contribution in [3.05, 3.63) is 28.2 Å². The highest BCUT2D eigenvalue weighted by Crippen LogP contribution is 2.24. The summed E-state index contributed by atoms with van der Waals surface area (Å²) in [7, 11) is 0. The predicted molar refractivity (Wildman–Crippen MR) is 67.3 cm³/mol. The van der Waals surface area contributed by atoms with Crippen LogP contribution in [-0.2, 0) is 0 Å². The van der Waals surface area contributed by atoms with E-state index in [-0.39, 0.29) is 6.42 Å². The minimum atomic E-state index is -4.07. The fraction of sp³-hybridized carbons (Fsp3) is 0.417. The molecule has 1 rings (SSSR count). The number of nitriles is 1. The number of anilines is 1. The van der Waals surface area contributed by atoms with Crippen LogP contribution in [0.25, 0.3) is 0 Å². The van der Waals surface area contributed by atoms with Gasteiger partial charge < -0.3 is 5.32 Å².